The Bertz CT molecular complexity index is 730. The van der Waals surface area contributed by atoms with Gasteiger partial charge in [0.2, 0.25) is 0 Å². The lowest BCUT2D eigenvalue weighted by atomic mass is 10.0. The summed E-state index contributed by atoms with van der Waals surface area (Å²) in [6.45, 7) is 7.07. The molecule has 4 heteroatoms. The lowest BCUT2D eigenvalue weighted by Gasteiger charge is -2.34. The third kappa shape index (κ3) is 4.45. The van der Waals surface area contributed by atoms with Crippen molar-refractivity contribution < 1.29 is 9.84 Å². The Kier molecular flexibility index (Phi) is 5.49. The zero-order chi connectivity index (χ0) is 17.8. The summed E-state index contributed by atoms with van der Waals surface area (Å²) in [6, 6.07) is 12.4. The van der Waals surface area contributed by atoms with Crippen molar-refractivity contribution in [2.24, 2.45) is 0 Å². The van der Waals surface area contributed by atoms with Crippen LogP contribution < -0.4 is 10.1 Å². The van der Waals surface area contributed by atoms with Gasteiger partial charge in [0.05, 0.1) is 7.11 Å². The molecule has 0 unspecified atom stereocenters. The molecule has 0 amide bonds. The minimum absolute atomic E-state index is 0.338. The van der Waals surface area contributed by atoms with Crippen LogP contribution in [0.2, 0.25) is 0 Å². The van der Waals surface area contributed by atoms with E-state index in [1.165, 1.54) is 23.2 Å². The van der Waals surface area contributed by atoms with Crippen LogP contribution in [0.4, 0.5) is 5.69 Å². The molecule has 25 heavy (non-hydrogen) atoms. The van der Waals surface area contributed by atoms with E-state index in [2.05, 4.69) is 42.3 Å². The molecule has 134 valence electrons. The molecular formula is C21H28N2O2. The van der Waals surface area contributed by atoms with Gasteiger partial charge in [-0.3, -0.25) is 4.90 Å². The summed E-state index contributed by atoms with van der Waals surface area (Å²) in [4.78, 5) is 2.40. The van der Waals surface area contributed by atoms with Gasteiger partial charge >= 0.3 is 0 Å². The number of likely N-dealkylation sites (tertiary alicyclic amines) is 1. The topological polar surface area (TPSA) is 44.7 Å². The van der Waals surface area contributed by atoms with E-state index in [1.807, 2.05) is 6.07 Å². The van der Waals surface area contributed by atoms with Crippen molar-refractivity contribution in [3.8, 4) is 11.5 Å². The quantitative estimate of drug-likeness (QED) is 0.860. The van der Waals surface area contributed by atoms with Crippen molar-refractivity contribution in [3.63, 3.8) is 0 Å². The number of hydrogen-bond donors (Lipinski definition) is 2. The first-order valence-electron chi connectivity index (χ1n) is 8.97. The van der Waals surface area contributed by atoms with Crippen LogP contribution in [-0.2, 0) is 6.54 Å². The molecule has 0 spiro atoms. The summed E-state index contributed by atoms with van der Waals surface area (Å²) >= 11 is 0. The Morgan fingerprint density at radius 1 is 1.16 bits per heavy atom. The summed E-state index contributed by atoms with van der Waals surface area (Å²) in [7, 11) is 1.65. The van der Waals surface area contributed by atoms with Crippen LogP contribution in [0.3, 0.4) is 0 Å². The minimum atomic E-state index is 0.338. The summed E-state index contributed by atoms with van der Waals surface area (Å²) in [5, 5.41) is 13.8. The molecule has 1 heterocycles. The minimum Gasteiger partial charge on any atom is -0.508 e. The van der Waals surface area contributed by atoms with Crippen molar-refractivity contribution in [1.29, 1.82) is 0 Å². The molecule has 1 aliphatic rings. The molecule has 2 N–H and O–H groups in total. The Morgan fingerprint density at radius 3 is 2.76 bits per heavy atom. The molecule has 1 aliphatic heterocycles. The lowest BCUT2D eigenvalue weighted by Crippen LogP contribution is -2.41. The zero-order valence-corrected chi connectivity index (χ0v) is 15.4. The second-order valence-corrected chi connectivity index (χ2v) is 7.01. The summed E-state index contributed by atoms with van der Waals surface area (Å²) in [6.07, 6.45) is 2.33. The van der Waals surface area contributed by atoms with Crippen molar-refractivity contribution in [3.05, 3.63) is 53.1 Å². The van der Waals surface area contributed by atoms with E-state index < -0.39 is 0 Å². The lowest BCUT2D eigenvalue weighted by molar-refractivity contribution is 0.206. The van der Waals surface area contributed by atoms with Crippen LogP contribution >= 0.6 is 0 Å². The van der Waals surface area contributed by atoms with Gasteiger partial charge in [-0.2, -0.15) is 0 Å². The van der Waals surface area contributed by atoms with Crippen molar-refractivity contribution in [2.45, 2.75) is 39.3 Å². The number of methoxy groups -OCH3 is 1. The van der Waals surface area contributed by atoms with Gasteiger partial charge in [-0.05, 0) is 74.7 Å². The van der Waals surface area contributed by atoms with E-state index >= 15 is 0 Å². The van der Waals surface area contributed by atoms with Gasteiger partial charge in [-0.1, -0.05) is 6.07 Å². The standard InChI is InChI=1S/C21H28N2O2/c1-15-6-7-18(11-16(15)2)22-19-5-4-10-23(14-19)13-17-12-20(25-3)8-9-21(17)24/h6-9,11-12,19,22,24H,4-5,10,13-14H2,1-3H3/t19-/m1/s1. The van der Waals surface area contributed by atoms with Crippen LogP contribution in [0.25, 0.3) is 0 Å². The van der Waals surface area contributed by atoms with Crippen LogP contribution in [0.1, 0.15) is 29.5 Å². The number of phenols is 1. The predicted octanol–water partition coefficient (Wildman–Crippen LogP) is 4.09. The second-order valence-electron chi connectivity index (χ2n) is 7.01. The smallest absolute Gasteiger partial charge is 0.120 e. The van der Waals surface area contributed by atoms with E-state index in [4.69, 9.17) is 4.74 Å². The molecule has 4 nitrogen and oxygen atoms in total. The predicted molar refractivity (Wildman–Crippen MR) is 102 cm³/mol. The largest absolute Gasteiger partial charge is 0.508 e. The Labute approximate surface area is 150 Å². The van der Waals surface area contributed by atoms with E-state index in [-0.39, 0.29) is 0 Å². The average Bonchev–Trinajstić information content (AvgIpc) is 2.60. The fourth-order valence-corrected chi connectivity index (χ4v) is 3.44. The number of aromatic hydroxyl groups is 1. The van der Waals surface area contributed by atoms with E-state index in [1.54, 1.807) is 19.2 Å². The van der Waals surface area contributed by atoms with E-state index in [9.17, 15) is 5.11 Å². The molecule has 2 aromatic carbocycles. The Morgan fingerprint density at radius 2 is 2.00 bits per heavy atom. The second kappa shape index (κ2) is 7.79. The van der Waals surface area contributed by atoms with Gasteiger partial charge in [0, 0.05) is 30.4 Å². The SMILES string of the molecule is COc1ccc(O)c(CN2CCC[C@@H](Nc3ccc(C)c(C)c3)C2)c1. The van der Waals surface area contributed by atoms with Crippen molar-refractivity contribution >= 4 is 5.69 Å². The van der Waals surface area contributed by atoms with E-state index in [0.29, 0.717) is 11.8 Å². The molecular weight excluding hydrogens is 312 g/mol. The Balaban J connectivity index is 1.64. The summed E-state index contributed by atoms with van der Waals surface area (Å²) in [5.74, 6) is 1.12. The van der Waals surface area contributed by atoms with Crippen molar-refractivity contribution in [2.75, 3.05) is 25.5 Å². The highest BCUT2D eigenvalue weighted by Gasteiger charge is 2.21. The number of hydrogen-bond acceptors (Lipinski definition) is 4. The summed E-state index contributed by atoms with van der Waals surface area (Å²) in [5.41, 5.74) is 4.76. The van der Waals surface area contributed by atoms with Gasteiger partial charge in [0.25, 0.3) is 0 Å². The number of phenolic OH excluding ortho intramolecular Hbond substituents is 1. The van der Waals surface area contributed by atoms with Gasteiger partial charge in [-0.15, -0.1) is 0 Å². The number of benzene rings is 2. The van der Waals surface area contributed by atoms with Crippen LogP contribution in [0.15, 0.2) is 36.4 Å². The molecule has 3 rings (SSSR count). The van der Waals surface area contributed by atoms with Gasteiger partial charge in [0.1, 0.15) is 11.5 Å². The highest BCUT2D eigenvalue weighted by Crippen LogP contribution is 2.26. The normalized spacial score (nSPS) is 18.1. The molecule has 1 fully saturated rings. The molecule has 0 radical (unpaired) electrons. The van der Waals surface area contributed by atoms with Gasteiger partial charge < -0.3 is 15.2 Å². The fourth-order valence-electron chi connectivity index (χ4n) is 3.44. The number of nitrogens with one attached hydrogen (secondary N) is 1. The first-order valence-corrected chi connectivity index (χ1v) is 8.97. The number of rotatable bonds is 5. The first-order chi connectivity index (χ1) is 12.0. The van der Waals surface area contributed by atoms with Gasteiger partial charge in [-0.25, -0.2) is 0 Å². The maximum atomic E-state index is 10.1. The number of nitrogens with zero attached hydrogens (tertiary/aromatic N) is 1. The molecule has 1 atom stereocenters. The maximum Gasteiger partial charge on any atom is 0.120 e. The average molecular weight is 340 g/mol. The molecule has 2 aromatic rings. The molecule has 0 aliphatic carbocycles. The first kappa shape index (κ1) is 17.6. The zero-order valence-electron chi connectivity index (χ0n) is 15.4. The number of ether oxygens (including phenoxy) is 1. The maximum absolute atomic E-state index is 10.1. The molecule has 0 saturated carbocycles. The molecule has 0 bridgehead atoms. The Hall–Kier alpha value is -2.20. The van der Waals surface area contributed by atoms with Gasteiger partial charge in [0.15, 0.2) is 0 Å². The summed E-state index contributed by atoms with van der Waals surface area (Å²) < 4.78 is 5.28. The monoisotopic (exact) mass is 340 g/mol. The third-order valence-electron chi connectivity index (χ3n) is 5.06. The number of aryl methyl sites for hydroxylation is 2. The third-order valence-corrected chi connectivity index (χ3v) is 5.06. The van der Waals surface area contributed by atoms with E-state index in [0.717, 1.165) is 37.4 Å². The van der Waals surface area contributed by atoms with Crippen LogP contribution in [-0.4, -0.2) is 36.2 Å². The van der Waals surface area contributed by atoms with Crippen molar-refractivity contribution in [1.82, 2.24) is 4.90 Å². The fraction of sp³-hybridized carbons (Fsp3) is 0.429. The van der Waals surface area contributed by atoms with Crippen LogP contribution in [0, 0.1) is 13.8 Å². The number of anilines is 1. The number of piperidine rings is 1. The highest BCUT2D eigenvalue weighted by atomic mass is 16.5. The molecule has 0 aromatic heterocycles. The van der Waals surface area contributed by atoms with Crippen LogP contribution in [0.5, 0.6) is 11.5 Å². The molecule has 1 saturated heterocycles. The highest BCUT2D eigenvalue weighted by molar-refractivity contribution is 5.49.